The monoisotopic (exact) mass is 278 g/mol. The van der Waals surface area contributed by atoms with Gasteiger partial charge in [-0.3, -0.25) is 10.4 Å². The van der Waals surface area contributed by atoms with Crippen LogP contribution in [0.25, 0.3) is 11.0 Å². The Morgan fingerprint density at radius 3 is 2.67 bits per heavy atom. The zero-order valence-electron chi connectivity index (χ0n) is 11.5. The van der Waals surface area contributed by atoms with Crippen molar-refractivity contribution in [1.82, 2.24) is 9.97 Å². The quantitative estimate of drug-likeness (QED) is 0.588. The highest BCUT2D eigenvalue weighted by atomic mass is 16.5. The lowest BCUT2D eigenvalue weighted by atomic mass is 10.2. The molecule has 0 aliphatic heterocycles. The number of benzene rings is 2. The van der Waals surface area contributed by atoms with Gasteiger partial charge in [-0.2, -0.15) is 5.10 Å². The van der Waals surface area contributed by atoms with Gasteiger partial charge in [-0.15, -0.1) is 0 Å². The molecule has 0 aliphatic carbocycles. The largest absolute Gasteiger partial charge is 0.496 e. The molecule has 0 atom stereocenters. The molecule has 0 amide bonds. The predicted octanol–water partition coefficient (Wildman–Crippen LogP) is 3.08. The highest BCUT2D eigenvalue weighted by Crippen LogP contribution is 2.15. The Labute approximate surface area is 122 Å². The Morgan fingerprint density at radius 1 is 1.05 bits per heavy atom. The maximum absolute atomic E-state index is 5.26. The molecule has 1 N–H and O–H groups in total. The van der Waals surface area contributed by atoms with Crippen LogP contribution in [0, 0.1) is 0 Å². The first-order valence-corrected chi connectivity index (χ1v) is 6.51. The number of methoxy groups -OCH3 is 1. The van der Waals surface area contributed by atoms with Crippen LogP contribution in [0.2, 0.25) is 0 Å². The minimum atomic E-state index is 0.597. The fraction of sp³-hybridized carbons (Fsp3) is 0.0625. The fourth-order valence-corrected chi connectivity index (χ4v) is 1.95. The van der Waals surface area contributed by atoms with Crippen molar-refractivity contribution < 1.29 is 4.74 Å². The summed E-state index contributed by atoms with van der Waals surface area (Å²) in [7, 11) is 1.63. The summed E-state index contributed by atoms with van der Waals surface area (Å²) in [5.74, 6) is 1.37. The van der Waals surface area contributed by atoms with Crippen LogP contribution >= 0.6 is 0 Å². The van der Waals surface area contributed by atoms with E-state index < -0.39 is 0 Å². The molecular formula is C16H14N4O. The number of hydrazone groups is 1. The van der Waals surface area contributed by atoms with Crippen molar-refractivity contribution in [1.29, 1.82) is 0 Å². The van der Waals surface area contributed by atoms with Gasteiger partial charge in [-0.1, -0.05) is 24.3 Å². The van der Waals surface area contributed by atoms with E-state index in [1.54, 1.807) is 19.5 Å². The van der Waals surface area contributed by atoms with Crippen LogP contribution < -0.4 is 10.2 Å². The molecule has 5 heteroatoms. The Hall–Kier alpha value is -2.95. The van der Waals surface area contributed by atoms with Gasteiger partial charge in [-0.25, -0.2) is 4.98 Å². The zero-order chi connectivity index (χ0) is 14.5. The highest BCUT2D eigenvalue weighted by Gasteiger charge is 1.99. The molecular weight excluding hydrogens is 264 g/mol. The summed E-state index contributed by atoms with van der Waals surface area (Å²) in [4.78, 5) is 8.75. The summed E-state index contributed by atoms with van der Waals surface area (Å²) in [6, 6.07) is 15.4. The molecule has 0 unspecified atom stereocenters. The van der Waals surface area contributed by atoms with E-state index in [1.807, 2.05) is 48.5 Å². The van der Waals surface area contributed by atoms with Gasteiger partial charge < -0.3 is 4.74 Å². The molecule has 1 aromatic heterocycles. The number of aromatic nitrogens is 2. The van der Waals surface area contributed by atoms with Crippen LogP contribution in [0.1, 0.15) is 5.56 Å². The van der Waals surface area contributed by atoms with Gasteiger partial charge in [0.1, 0.15) is 5.75 Å². The van der Waals surface area contributed by atoms with Crippen LogP contribution in [-0.2, 0) is 0 Å². The molecule has 2 aromatic carbocycles. The van der Waals surface area contributed by atoms with Gasteiger partial charge in [0.05, 0.1) is 30.6 Å². The standard InChI is InChI=1S/C16H14N4O/c1-21-15-9-5-2-6-12(15)10-18-20-16-11-17-13-7-3-4-8-14(13)19-16/h2-11H,1H3,(H,19,20)/b18-10+. The molecule has 3 aromatic rings. The number of hydrogen-bond acceptors (Lipinski definition) is 5. The number of nitrogens with zero attached hydrogens (tertiary/aromatic N) is 3. The van der Waals surface area contributed by atoms with Gasteiger partial charge >= 0.3 is 0 Å². The predicted molar refractivity (Wildman–Crippen MR) is 83.7 cm³/mol. The molecule has 104 valence electrons. The maximum atomic E-state index is 5.26. The van der Waals surface area contributed by atoms with Crippen LogP contribution in [0.5, 0.6) is 5.75 Å². The molecule has 0 saturated carbocycles. The minimum absolute atomic E-state index is 0.597. The number of hydrogen-bond donors (Lipinski definition) is 1. The Kier molecular flexibility index (Phi) is 3.73. The van der Waals surface area contributed by atoms with E-state index in [2.05, 4.69) is 20.5 Å². The number of anilines is 1. The number of fused-ring (bicyclic) bond motifs is 1. The van der Waals surface area contributed by atoms with Crippen LogP contribution in [0.15, 0.2) is 59.8 Å². The number of rotatable bonds is 4. The molecule has 3 rings (SSSR count). The molecule has 0 radical (unpaired) electrons. The van der Waals surface area contributed by atoms with Gasteiger partial charge in [0.2, 0.25) is 0 Å². The summed E-state index contributed by atoms with van der Waals surface area (Å²) in [6.07, 6.45) is 3.34. The van der Waals surface area contributed by atoms with E-state index in [4.69, 9.17) is 4.74 Å². The first-order valence-electron chi connectivity index (χ1n) is 6.51. The zero-order valence-corrected chi connectivity index (χ0v) is 11.5. The normalized spacial score (nSPS) is 10.9. The second-order valence-electron chi connectivity index (χ2n) is 4.36. The third-order valence-corrected chi connectivity index (χ3v) is 2.97. The maximum Gasteiger partial charge on any atom is 0.165 e. The summed E-state index contributed by atoms with van der Waals surface area (Å²) >= 11 is 0. The van der Waals surface area contributed by atoms with Gasteiger partial charge in [-0.05, 0) is 24.3 Å². The van der Waals surface area contributed by atoms with Gasteiger partial charge in [0.25, 0.3) is 0 Å². The highest BCUT2D eigenvalue weighted by molar-refractivity contribution is 5.84. The van der Waals surface area contributed by atoms with Crippen molar-refractivity contribution in [3.8, 4) is 5.75 Å². The molecule has 5 nitrogen and oxygen atoms in total. The average Bonchev–Trinajstić information content (AvgIpc) is 2.55. The first kappa shape index (κ1) is 13.1. The summed E-state index contributed by atoms with van der Waals surface area (Å²) < 4.78 is 5.26. The van der Waals surface area contributed by atoms with E-state index in [9.17, 15) is 0 Å². The molecule has 0 bridgehead atoms. The van der Waals surface area contributed by atoms with E-state index in [-0.39, 0.29) is 0 Å². The topological polar surface area (TPSA) is 59.4 Å². The molecule has 0 saturated heterocycles. The van der Waals surface area contributed by atoms with E-state index >= 15 is 0 Å². The molecule has 0 spiro atoms. The molecule has 21 heavy (non-hydrogen) atoms. The smallest absolute Gasteiger partial charge is 0.165 e. The second-order valence-corrected chi connectivity index (χ2v) is 4.36. The lowest BCUT2D eigenvalue weighted by molar-refractivity contribution is 0.414. The minimum Gasteiger partial charge on any atom is -0.496 e. The van der Waals surface area contributed by atoms with E-state index in [1.165, 1.54) is 0 Å². The molecule has 1 heterocycles. The van der Waals surface area contributed by atoms with Gasteiger partial charge in [0.15, 0.2) is 5.82 Å². The Bertz CT molecular complexity index is 786. The lowest BCUT2D eigenvalue weighted by Crippen LogP contribution is -1.96. The molecule has 0 aliphatic rings. The Morgan fingerprint density at radius 2 is 1.81 bits per heavy atom. The van der Waals surface area contributed by atoms with E-state index in [0.29, 0.717) is 5.82 Å². The average molecular weight is 278 g/mol. The van der Waals surface area contributed by atoms with Crippen molar-refractivity contribution >= 4 is 23.1 Å². The summed E-state index contributed by atoms with van der Waals surface area (Å²) in [6.45, 7) is 0. The number of nitrogens with one attached hydrogen (secondary N) is 1. The lowest BCUT2D eigenvalue weighted by Gasteiger charge is -2.03. The van der Waals surface area contributed by atoms with Crippen LogP contribution in [0.3, 0.4) is 0 Å². The molecule has 0 fully saturated rings. The summed E-state index contributed by atoms with van der Waals surface area (Å²) in [5.41, 5.74) is 5.45. The first-order chi connectivity index (χ1) is 10.4. The third-order valence-electron chi connectivity index (χ3n) is 2.97. The van der Waals surface area contributed by atoms with Crippen molar-refractivity contribution in [2.75, 3.05) is 12.5 Å². The van der Waals surface area contributed by atoms with Crippen LogP contribution in [-0.4, -0.2) is 23.3 Å². The van der Waals surface area contributed by atoms with Gasteiger partial charge in [0, 0.05) is 5.56 Å². The number of ether oxygens (including phenoxy) is 1. The third kappa shape index (κ3) is 2.97. The Balaban J connectivity index is 1.78. The van der Waals surface area contributed by atoms with E-state index in [0.717, 1.165) is 22.3 Å². The van der Waals surface area contributed by atoms with Crippen molar-refractivity contribution in [2.45, 2.75) is 0 Å². The fourth-order valence-electron chi connectivity index (χ4n) is 1.95. The van der Waals surface area contributed by atoms with Crippen molar-refractivity contribution in [2.24, 2.45) is 5.10 Å². The van der Waals surface area contributed by atoms with Crippen molar-refractivity contribution in [3.63, 3.8) is 0 Å². The summed E-state index contributed by atoms with van der Waals surface area (Å²) in [5, 5.41) is 4.17. The number of para-hydroxylation sites is 3. The SMILES string of the molecule is COc1ccccc1/C=N/Nc1cnc2ccccc2n1. The van der Waals surface area contributed by atoms with Crippen molar-refractivity contribution in [3.05, 3.63) is 60.3 Å². The second kappa shape index (κ2) is 6.00. The van der Waals surface area contributed by atoms with Crippen LogP contribution in [0.4, 0.5) is 5.82 Å².